The van der Waals surface area contributed by atoms with Crippen molar-refractivity contribution in [3.05, 3.63) is 41.3 Å². The van der Waals surface area contributed by atoms with Crippen molar-refractivity contribution < 1.29 is 4.74 Å². The van der Waals surface area contributed by atoms with Gasteiger partial charge in [0.25, 0.3) is 0 Å². The number of nitrogens with two attached hydrogens (primary N) is 1. The van der Waals surface area contributed by atoms with E-state index in [2.05, 4.69) is 21.6 Å². The van der Waals surface area contributed by atoms with E-state index < -0.39 is 0 Å². The molecule has 20 heavy (non-hydrogen) atoms. The van der Waals surface area contributed by atoms with Crippen molar-refractivity contribution in [1.29, 1.82) is 0 Å². The average molecular weight is 275 g/mol. The third-order valence-corrected chi connectivity index (χ3v) is 3.28. The molecule has 0 aromatic carbocycles. The Morgan fingerprint density at radius 1 is 1.40 bits per heavy atom. The number of methoxy groups -OCH3 is 1. The third-order valence-electron chi connectivity index (χ3n) is 3.28. The van der Waals surface area contributed by atoms with Gasteiger partial charge in [0.15, 0.2) is 0 Å². The molecule has 1 atom stereocenters. The topological polar surface area (TPSA) is 78.0 Å². The van der Waals surface area contributed by atoms with Crippen molar-refractivity contribution in [1.82, 2.24) is 20.2 Å². The summed E-state index contributed by atoms with van der Waals surface area (Å²) in [4.78, 5) is 4.20. The van der Waals surface area contributed by atoms with Crippen molar-refractivity contribution in [2.45, 2.75) is 25.8 Å². The lowest BCUT2D eigenvalue weighted by Gasteiger charge is -2.16. The van der Waals surface area contributed by atoms with Crippen molar-refractivity contribution in [3.63, 3.8) is 0 Å². The van der Waals surface area contributed by atoms with Crippen molar-refractivity contribution in [3.8, 4) is 5.88 Å². The van der Waals surface area contributed by atoms with Crippen LogP contribution in [0.2, 0.25) is 0 Å². The minimum Gasteiger partial charge on any atom is -0.481 e. The Morgan fingerprint density at radius 2 is 2.20 bits per heavy atom. The van der Waals surface area contributed by atoms with Gasteiger partial charge in [-0.15, -0.1) is 0 Å². The van der Waals surface area contributed by atoms with Gasteiger partial charge >= 0.3 is 0 Å². The number of aromatic nitrogens is 3. The first-order valence-corrected chi connectivity index (χ1v) is 6.57. The molecule has 2 aromatic heterocycles. The smallest absolute Gasteiger partial charge is 0.212 e. The highest BCUT2D eigenvalue weighted by molar-refractivity contribution is 5.19. The Balaban J connectivity index is 2.02. The molecule has 0 saturated heterocycles. The number of nitrogens with zero attached hydrogens (tertiary/aromatic N) is 3. The quantitative estimate of drug-likeness (QED) is 0.601. The van der Waals surface area contributed by atoms with Crippen LogP contribution in [0.25, 0.3) is 0 Å². The molecule has 0 aliphatic carbocycles. The normalized spacial score (nSPS) is 12.4. The SMILES string of the molecule is COc1ccc(CC(Cc2cc(C)nn2C)NN)cn1. The fourth-order valence-corrected chi connectivity index (χ4v) is 2.23. The Hall–Kier alpha value is -1.92. The first-order chi connectivity index (χ1) is 9.62. The van der Waals surface area contributed by atoms with E-state index in [0.717, 1.165) is 29.8 Å². The second-order valence-electron chi connectivity index (χ2n) is 4.88. The maximum absolute atomic E-state index is 5.66. The Morgan fingerprint density at radius 3 is 2.70 bits per heavy atom. The van der Waals surface area contributed by atoms with Crippen molar-refractivity contribution in [2.75, 3.05) is 7.11 Å². The predicted octanol–water partition coefficient (Wildman–Crippen LogP) is 0.749. The van der Waals surface area contributed by atoms with Gasteiger partial charge in [-0.3, -0.25) is 16.0 Å². The van der Waals surface area contributed by atoms with Crippen LogP contribution in [0.4, 0.5) is 0 Å². The van der Waals surface area contributed by atoms with Crippen LogP contribution in [0.3, 0.4) is 0 Å². The second-order valence-corrected chi connectivity index (χ2v) is 4.88. The fourth-order valence-electron chi connectivity index (χ4n) is 2.23. The highest BCUT2D eigenvalue weighted by Gasteiger charge is 2.12. The largest absolute Gasteiger partial charge is 0.481 e. The Labute approximate surface area is 118 Å². The van der Waals surface area contributed by atoms with Crippen molar-refractivity contribution in [2.24, 2.45) is 12.9 Å². The molecule has 3 N–H and O–H groups in total. The maximum atomic E-state index is 5.66. The lowest BCUT2D eigenvalue weighted by atomic mass is 10.0. The molecule has 0 spiro atoms. The number of aryl methyl sites for hydroxylation is 2. The van der Waals surface area contributed by atoms with Crippen LogP contribution in [0.15, 0.2) is 24.4 Å². The van der Waals surface area contributed by atoms with Gasteiger partial charge in [0.2, 0.25) is 5.88 Å². The zero-order valence-corrected chi connectivity index (χ0v) is 12.1. The second kappa shape index (κ2) is 6.49. The van der Waals surface area contributed by atoms with Crippen LogP contribution in [-0.2, 0) is 19.9 Å². The highest BCUT2D eigenvalue weighted by Crippen LogP contribution is 2.11. The van der Waals surface area contributed by atoms with Crippen LogP contribution in [0.1, 0.15) is 17.0 Å². The number of rotatable bonds is 6. The van der Waals surface area contributed by atoms with Gasteiger partial charge in [-0.25, -0.2) is 4.98 Å². The summed E-state index contributed by atoms with van der Waals surface area (Å²) in [5, 5.41) is 4.35. The molecule has 0 bridgehead atoms. The van der Waals surface area contributed by atoms with E-state index in [1.165, 1.54) is 0 Å². The number of hydrogen-bond acceptors (Lipinski definition) is 5. The first-order valence-electron chi connectivity index (χ1n) is 6.57. The van der Waals surface area contributed by atoms with E-state index >= 15 is 0 Å². The molecule has 2 heterocycles. The molecule has 0 saturated carbocycles. The third kappa shape index (κ3) is 3.55. The number of nitrogens with one attached hydrogen (secondary N) is 1. The van der Waals surface area contributed by atoms with E-state index in [1.54, 1.807) is 7.11 Å². The average Bonchev–Trinajstić information content (AvgIpc) is 2.77. The molecule has 6 nitrogen and oxygen atoms in total. The number of hydrogen-bond donors (Lipinski definition) is 2. The standard InChI is InChI=1S/C14H21N5O/c1-10-6-13(19(2)18-10)8-12(17-15)7-11-4-5-14(20-3)16-9-11/h4-6,9,12,17H,7-8,15H2,1-3H3. The molecule has 0 fully saturated rings. The van der Waals surface area contributed by atoms with Crippen LogP contribution in [0, 0.1) is 6.92 Å². The van der Waals surface area contributed by atoms with Gasteiger partial charge < -0.3 is 4.74 Å². The Bertz CT molecular complexity index is 549. The van der Waals surface area contributed by atoms with Gasteiger partial charge in [0.05, 0.1) is 12.8 Å². The van der Waals surface area contributed by atoms with Gasteiger partial charge in [-0.2, -0.15) is 5.10 Å². The summed E-state index contributed by atoms with van der Waals surface area (Å²) in [5.41, 5.74) is 6.16. The molecule has 0 aliphatic heterocycles. The van der Waals surface area contributed by atoms with Gasteiger partial charge in [0, 0.05) is 37.5 Å². The van der Waals surface area contributed by atoms with E-state index in [0.29, 0.717) is 5.88 Å². The van der Waals surface area contributed by atoms with Gasteiger partial charge in [-0.1, -0.05) is 6.07 Å². The maximum Gasteiger partial charge on any atom is 0.212 e. The molecule has 108 valence electrons. The van der Waals surface area contributed by atoms with Crippen molar-refractivity contribution >= 4 is 0 Å². The van der Waals surface area contributed by atoms with E-state index in [9.17, 15) is 0 Å². The summed E-state index contributed by atoms with van der Waals surface area (Å²) >= 11 is 0. The van der Waals surface area contributed by atoms with Gasteiger partial charge in [0.1, 0.15) is 0 Å². The molecule has 2 rings (SSSR count). The minimum atomic E-state index is 0.139. The summed E-state index contributed by atoms with van der Waals surface area (Å²) in [7, 11) is 3.56. The minimum absolute atomic E-state index is 0.139. The van der Waals surface area contributed by atoms with Crippen LogP contribution in [0.5, 0.6) is 5.88 Å². The van der Waals surface area contributed by atoms with E-state index in [4.69, 9.17) is 10.6 Å². The summed E-state index contributed by atoms with van der Waals surface area (Å²) in [6.07, 6.45) is 3.44. The highest BCUT2D eigenvalue weighted by atomic mass is 16.5. The van der Waals surface area contributed by atoms with Crippen LogP contribution < -0.4 is 16.0 Å². The molecule has 2 aromatic rings. The lowest BCUT2D eigenvalue weighted by molar-refractivity contribution is 0.397. The summed E-state index contributed by atoms with van der Waals surface area (Å²) in [6.45, 7) is 1.99. The van der Waals surface area contributed by atoms with Crippen LogP contribution in [-0.4, -0.2) is 27.9 Å². The zero-order chi connectivity index (χ0) is 14.5. The summed E-state index contributed by atoms with van der Waals surface area (Å²) < 4.78 is 6.95. The van der Waals surface area contributed by atoms with E-state index in [-0.39, 0.29) is 6.04 Å². The molecule has 0 aliphatic rings. The first kappa shape index (κ1) is 14.5. The molecule has 0 amide bonds. The number of hydrazine groups is 1. The number of ether oxygens (including phenoxy) is 1. The molecular formula is C14H21N5O. The zero-order valence-electron chi connectivity index (χ0n) is 12.1. The fraction of sp³-hybridized carbons (Fsp3) is 0.429. The predicted molar refractivity (Wildman–Crippen MR) is 77.3 cm³/mol. The summed E-state index contributed by atoms with van der Waals surface area (Å²) in [5.74, 6) is 6.28. The molecular weight excluding hydrogens is 254 g/mol. The molecule has 1 unspecified atom stereocenters. The van der Waals surface area contributed by atoms with Crippen LogP contribution >= 0.6 is 0 Å². The Kier molecular flexibility index (Phi) is 4.70. The molecule has 6 heteroatoms. The van der Waals surface area contributed by atoms with E-state index in [1.807, 2.05) is 37.0 Å². The summed E-state index contributed by atoms with van der Waals surface area (Å²) in [6, 6.07) is 6.08. The lowest BCUT2D eigenvalue weighted by Crippen LogP contribution is -2.38. The number of pyridine rings is 1. The monoisotopic (exact) mass is 275 g/mol. The molecule has 0 radical (unpaired) electrons. The van der Waals surface area contributed by atoms with Gasteiger partial charge in [-0.05, 0) is 25.0 Å².